The summed E-state index contributed by atoms with van der Waals surface area (Å²) < 4.78 is 53.0. The summed E-state index contributed by atoms with van der Waals surface area (Å²) in [6, 6.07) is 11.5. The van der Waals surface area contributed by atoms with Gasteiger partial charge in [-0.1, -0.05) is 18.2 Å². The van der Waals surface area contributed by atoms with E-state index in [1.807, 2.05) is 0 Å². The molecule has 0 aliphatic heterocycles. The van der Waals surface area contributed by atoms with Crippen molar-refractivity contribution in [1.82, 2.24) is 0 Å². The van der Waals surface area contributed by atoms with Gasteiger partial charge in [0.05, 0.1) is 0 Å². The summed E-state index contributed by atoms with van der Waals surface area (Å²) in [5.41, 5.74) is 1.05. The van der Waals surface area contributed by atoms with Gasteiger partial charge in [-0.2, -0.15) is 0 Å². The average molecular weight is 285 g/mol. The van der Waals surface area contributed by atoms with Crippen molar-refractivity contribution in [3.05, 3.63) is 59.9 Å². The molecule has 0 atom stereocenters. The molecule has 2 nitrogen and oxygen atoms in total. The largest absolute Gasteiger partial charge is 0.573 e. The van der Waals surface area contributed by atoms with Crippen molar-refractivity contribution in [2.45, 2.75) is 12.9 Å². The minimum atomic E-state index is -4.71. The summed E-state index contributed by atoms with van der Waals surface area (Å²) in [6.45, 7) is 0.242. The molecule has 0 saturated carbocycles. The molecular weight excluding hydrogens is 274 g/mol. The Balaban J connectivity index is 1.96. The van der Waals surface area contributed by atoms with Crippen LogP contribution in [0.3, 0.4) is 0 Å². The summed E-state index contributed by atoms with van der Waals surface area (Å²) in [4.78, 5) is 0. The summed E-state index contributed by atoms with van der Waals surface area (Å²) in [7, 11) is 0. The van der Waals surface area contributed by atoms with Crippen LogP contribution in [0.4, 0.5) is 23.2 Å². The third-order valence-corrected chi connectivity index (χ3v) is 2.53. The van der Waals surface area contributed by atoms with Gasteiger partial charge in [-0.3, -0.25) is 0 Å². The van der Waals surface area contributed by atoms with E-state index in [1.54, 1.807) is 18.2 Å². The van der Waals surface area contributed by atoms with Crippen molar-refractivity contribution in [2.75, 3.05) is 5.32 Å². The van der Waals surface area contributed by atoms with Crippen molar-refractivity contribution >= 4 is 5.69 Å². The Labute approximate surface area is 113 Å². The standard InChI is InChI=1S/C14H11F4NO/c15-13-4-2-1-3-10(13)9-19-11-5-7-12(8-6-11)20-14(16,17)18/h1-8,19H,9H2. The molecule has 0 aliphatic carbocycles. The van der Waals surface area contributed by atoms with Crippen LogP contribution in [-0.4, -0.2) is 6.36 Å². The average Bonchev–Trinajstić information content (AvgIpc) is 2.38. The highest BCUT2D eigenvalue weighted by Gasteiger charge is 2.30. The zero-order chi connectivity index (χ0) is 14.6. The normalized spacial score (nSPS) is 11.2. The van der Waals surface area contributed by atoms with Crippen molar-refractivity contribution in [1.29, 1.82) is 0 Å². The molecule has 2 rings (SSSR count). The van der Waals surface area contributed by atoms with Crippen LogP contribution >= 0.6 is 0 Å². The molecule has 0 bridgehead atoms. The molecule has 1 N–H and O–H groups in total. The van der Waals surface area contributed by atoms with Gasteiger partial charge in [-0.15, -0.1) is 13.2 Å². The highest BCUT2D eigenvalue weighted by Crippen LogP contribution is 2.24. The van der Waals surface area contributed by atoms with Crippen LogP contribution in [0.1, 0.15) is 5.56 Å². The lowest BCUT2D eigenvalue weighted by Crippen LogP contribution is -2.17. The fourth-order valence-corrected chi connectivity index (χ4v) is 1.61. The molecule has 0 radical (unpaired) electrons. The van der Waals surface area contributed by atoms with E-state index in [9.17, 15) is 17.6 Å². The molecule has 20 heavy (non-hydrogen) atoms. The first kappa shape index (κ1) is 14.2. The van der Waals surface area contributed by atoms with E-state index in [-0.39, 0.29) is 18.1 Å². The summed E-state index contributed by atoms with van der Waals surface area (Å²) in [5, 5.41) is 2.92. The first-order valence-corrected chi connectivity index (χ1v) is 5.77. The Morgan fingerprint density at radius 3 is 2.20 bits per heavy atom. The molecule has 0 fully saturated rings. The number of hydrogen-bond acceptors (Lipinski definition) is 2. The van der Waals surface area contributed by atoms with Gasteiger partial charge in [-0.05, 0) is 30.3 Å². The zero-order valence-corrected chi connectivity index (χ0v) is 10.2. The van der Waals surface area contributed by atoms with Gasteiger partial charge >= 0.3 is 6.36 Å². The van der Waals surface area contributed by atoms with E-state index in [0.717, 1.165) is 0 Å². The lowest BCUT2D eigenvalue weighted by Gasteiger charge is -2.10. The third-order valence-electron chi connectivity index (χ3n) is 2.53. The molecule has 0 unspecified atom stereocenters. The highest BCUT2D eigenvalue weighted by atomic mass is 19.4. The lowest BCUT2D eigenvalue weighted by molar-refractivity contribution is -0.274. The van der Waals surface area contributed by atoms with Crippen LogP contribution in [0.25, 0.3) is 0 Å². The molecule has 0 heterocycles. The smallest absolute Gasteiger partial charge is 0.406 e. The van der Waals surface area contributed by atoms with E-state index in [2.05, 4.69) is 10.1 Å². The molecule has 0 aromatic heterocycles. The van der Waals surface area contributed by atoms with Gasteiger partial charge < -0.3 is 10.1 Å². The number of rotatable bonds is 4. The maximum absolute atomic E-state index is 13.4. The van der Waals surface area contributed by atoms with Crippen LogP contribution in [0.5, 0.6) is 5.75 Å². The predicted molar refractivity (Wildman–Crippen MR) is 66.9 cm³/mol. The van der Waals surface area contributed by atoms with Crippen molar-refractivity contribution in [2.24, 2.45) is 0 Å². The Morgan fingerprint density at radius 1 is 0.950 bits per heavy atom. The fraction of sp³-hybridized carbons (Fsp3) is 0.143. The summed E-state index contributed by atoms with van der Waals surface area (Å²) in [6.07, 6.45) is -4.71. The maximum atomic E-state index is 13.4. The topological polar surface area (TPSA) is 21.3 Å². The summed E-state index contributed by atoms with van der Waals surface area (Å²) >= 11 is 0. The van der Waals surface area contributed by atoms with E-state index >= 15 is 0 Å². The number of anilines is 1. The molecule has 0 aliphatic rings. The van der Waals surface area contributed by atoms with E-state index in [4.69, 9.17) is 0 Å². The monoisotopic (exact) mass is 285 g/mol. The van der Waals surface area contributed by atoms with Gasteiger partial charge in [0.15, 0.2) is 0 Å². The Kier molecular flexibility index (Phi) is 4.12. The maximum Gasteiger partial charge on any atom is 0.573 e. The van der Waals surface area contributed by atoms with Gasteiger partial charge in [0.1, 0.15) is 11.6 Å². The van der Waals surface area contributed by atoms with E-state index < -0.39 is 6.36 Å². The van der Waals surface area contributed by atoms with Crippen molar-refractivity contribution in [3.8, 4) is 5.75 Å². The molecular formula is C14H11F4NO. The quantitative estimate of drug-likeness (QED) is 0.844. The second-order valence-corrected chi connectivity index (χ2v) is 4.02. The summed E-state index contributed by atoms with van der Waals surface area (Å²) in [5.74, 6) is -0.633. The fourth-order valence-electron chi connectivity index (χ4n) is 1.61. The van der Waals surface area contributed by atoms with Crippen LogP contribution in [0.15, 0.2) is 48.5 Å². The van der Waals surface area contributed by atoms with Crippen molar-refractivity contribution in [3.63, 3.8) is 0 Å². The van der Waals surface area contributed by atoms with E-state index in [0.29, 0.717) is 11.3 Å². The second-order valence-electron chi connectivity index (χ2n) is 4.02. The molecule has 2 aromatic rings. The van der Waals surface area contributed by atoms with E-state index in [1.165, 1.54) is 30.3 Å². The Bertz CT molecular complexity index is 566. The number of nitrogens with one attached hydrogen (secondary N) is 1. The van der Waals surface area contributed by atoms with Crippen molar-refractivity contribution < 1.29 is 22.3 Å². The lowest BCUT2D eigenvalue weighted by atomic mass is 10.2. The predicted octanol–water partition coefficient (Wildman–Crippen LogP) is 4.34. The minimum absolute atomic E-state index is 0.242. The first-order chi connectivity index (χ1) is 9.44. The molecule has 2 aromatic carbocycles. The van der Waals surface area contributed by atoms with Crippen LogP contribution < -0.4 is 10.1 Å². The number of halogens is 4. The Hall–Kier alpha value is -2.24. The number of hydrogen-bond donors (Lipinski definition) is 1. The van der Waals surface area contributed by atoms with Gasteiger partial charge in [0.25, 0.3) is 0 Å². The highest BCUT2D eigenvalue weighted by molar-refractivity contribution is 5.46. The van der Waals surface area contributed by atoms with Gasteiger partial charge in [-0.25, -0.2) is 4.39 Å². The van der Waals surface area contributed by atoms with Crippen LogP contribution in [-0.2, 0) is 6.54 Å². The SMILES string of the molecule is Fc1ccccc1CNc1ccc(OC(F)(F)F)cc1. The third kappa shape index (κ3) is 4.15. The van der Waals surface area contributed by atoms with Gasteiger partial charge in [0.2, 0.25) is 0 Å². The van der Waals surface area contributed by atoms with Crippen LogP contribution in [0, 0.1) is 5.82 Å². The number of alkyl halides is 3. The molecule has 106 valence electrons. The molecule has 0 amide bonds. The van der Waals surface area contributed by atoms with Gasteiger partial charge in [0, 0.05) is 17.8 Å². The van der Waals surface area contributed by atoms with Crippen LogP contribution in [0.2, 0.25) is 0 Å². The molecule has 0 spiro atoms. The zero-order valence-electron chi connectivity index (χ0n) is 10.2. The molecule has 0 saturated heterocycles. The number of benzene rings is 2. The Morgan fingerprint density at radius 2 is 1.60 bits per heavy atom. The second kappa shape index (κ2) is 5.81. The number of ether oxygens (including phenoxy) is 1. The first-order valence-electron chi connectivity index (χ1n) is 5.77. The molecule has 6 heteroatoms. The minimum Gasteiger partial charge on any atom is -0.406 e.